The molecule has 40 heavy (non-hydrogen) atoms. The number of unbranched alkanes of at least 4 members (excludes halogenated alkanes) is 5. The van der Waals surface area contributed by atoms with Crippen LogP contribution in [0.5, 0.6) is 11.5 Å². The third-order valence-electron chi connectivity index (χ3n) is 6.49. The average molecular weight is 558 g/mol. The number of likely N-dealkylation sites (tertiary alicyclic amines) is 1. The van der Waals surface area contributed by atoms with Crippen molar-refractivity contribution < 1.29 is 23.8 Å². The van der Waals surface area contributed by atoms with E-state index in [0.717, 1.165) is 49.0 Å². The number of anilines is 1. The Morgan fingerprint density at radius 2 is 1.68 bits per heavy atom. The zero-order valence-corrected chi connectivity index (χ0v) is 25.0. The van der Waals surface area contributed by atoms with E-state index in [4.69, 9.17) is 19.9 Å². The van der Waals surface area contributed by atoms with Crippen LogP contribution in [0.15, 0.2) is 42.5 Å². The van der Waals surface area contributed by atoms with Crippen molar-refractivity contribution in [3.63, 3.8) is 0 Å². The number of nitrogens with zero attached hydrogens (tertiary/aromatic N) is 1. The Bertz CT molecular complexity index is 935. The van der Waals surface area contributed by atoms with E-state index in [9.17, 15) is 9.59 Å². The Kier molecular flexibility index (Phi) is 20.0. The van der Waals surface area contributed by atoms with Crippen molar-refractivity contribution in [1.82, 2.24) is 10.2 Å². The first-order chi connectivity index (χ1) is 19.5. The zero-order valence-electron chi connectivity index (χ0n) is 25.0. The first-order valence-corrected chi connectivity index (χ1v) is 14.5. The lowest BCUT2D eigenvalue weighted by Crippen LogP contribution is -2.19. The van der Waals surface area contributed by atoms with Crippen LogP contribution in [-0.2, 0) is 9.53 Å². The molecule has 4 rings (SSSR count). The Balaban J connectivity index is 0.000000287. The summed E-state index contributed by atoms with van der Waals surface area (Å²) in [5, 5.41) is 3.10. The Morgan fingerprint density at radius 1 is 1.00 bits per heavy atom. The third-order valence-corrected chi connectivity index (χ3v) is 6.49. The molecule has 224 valence electrons. The van der Waals surface area contributed by atoms with Crippen LogP contribution in [0.25, 0.3) is 0 Å². The molecule has 8 nitrogen and oxygen atoms in total. The van der Waals surface area contributed by atoms with Crippen LogP contribution in [0, 0.1) is 0 Å². The first-order valence-electron chi connectivity index (χ1n) is 14.5. The normalized spacial score (nSPS) is 14.3. The van der Waals surface area contributed by atoms with E-state index in [1.807, 2.05) is 25.2 Å². The second kappa shape index (κ2) is 22.8. The van der Waals surface area contributed by atoms with E-state index < -0.39 is 0 Å². The second-order valence-electron chi connectivity index (χ2n) is 9.81. The van der Waals surface area contributed by atoms with Crippen molar-refractivity contribution in [2.24, 2.45) is 0 Å². The molecule has 2 aliphatic rings. The van der Waals surface area contributed by atoms with Gasteiger partial charge in [0.05, 0.1) is 6.10 Å². The quantitative estimate of drug-likeness (QED) is 0.206. The molecular weight excluding hydrogens is 506 g/mol. The van der Waals surface area contributed by atoms with Crippen molar-refractivity contribution in [3.8, 4) is 11.5 Å². The first kappa shape index (κ1) is 35.1. The van der Waals surface area contributed by atoms with Crippen LogP contribution >= 0.6 is 0 Å². The predicted molar refractivity (Wildman–Crippen MR) is 164 cm³/mol. The van der Waals surface area contributed by atoms with Crippen molar-refractivity contribution in [2.75, 3.05) is 59.8 Å². The minimum absolute atomic E-state index is 0.0424. The number of hydrogen-bond donors (Lipinski definition) is 2. The number of para-hydroxylation sites is 1. The fourth-order valence-electron chi connectivity index (χ4n) is 4.11. The number of carbonyl (C=O) groups is 2. The number of hydrogen-bond acceptors (Lipinski definition) is 8. The molecule has 2 aromatic rings. The number of ether oxygens (including phenoxy) is 3. The van der Waals surface area contributed by atoms with Crippen LogP contribution in [0.2, 0.25) is 0 Å². The van der Waals surface area contributed by atoms with Crippen molar-refractivity contribution in [1.29, 1.82) is 0 Å². The van der Waals surface area contributed by atoms with Gasteiger partial charge in [0.15, 0.2) is 17.8 Å². The van der Waals surface area contributed by atoms with E-state index in [2.05, 4.69) is 24.2 Å². The van der Waals surface area contributed by atoms with Gasteiger partial charge >= 0.3 is 0 Å². The van der Waals surface area contributed by atoms with Gasteiger partial charge in [-0.05, 0) is 76.3 Å². The summed E-state index contributed by atoms with van der Waals surface area (Å²) in [6, 6.07) is 12.9. The zero-order chi connectivity index (χ0) is 29.4. The lowest BCUT2D eigenvalue weighted by Gasteiger charge is -2.21. The van der Waals surface area contributed by atoms with Gasteiger partial charge in [-0.25, -0.2) is 0 Å². The van der Waals surface area contributed by atoms with Crippen LogP contribution in [0.1, 0.15) is 80.3 Å². The molecule has 1 unspecified atom stereocenters. The summed E-state index contributed by atoms with van der Waals surface area (Å²) in [5.74, 6) is 1.62. The van der Waals surface area contributed by atoms with Crippen LogP contribution in [-0.4, -0.2) is 71.5 Å². The highest BCUT2D eigenvalue weighted by molar-refractivity contribution is 5.82. The molecule has 2 heterocycles. The largest absolute Gasteiger partial charge is 0.486 e. The van der Waals surface area contributed by atoms with Crippen molar-refractivity contribution in [2.45, 2.75) is 64.4 Å². The standard InChI is InChI=1S/C12H17NO3.C8H16O.C7H7NO.C5H11N/c1-13-8-12(14-2)9-3-4-10-11(7-9)16-6-5-15-10;1-2-3-4-5-6-7-8-9;8-7-4-2-1-3-6(7)5-9;1-6-4-2-3-5-6/h3-4,7,12-13H,5-6,8H2,1-2H3;8H,2-7H2,1H3;1-5H,8H2;2-5H2,1H3. The molecule has 0 bridgehead atoms. The summed E-state index contributed by atoms with van der Waals surface area (Å²) in [6.07, 6.45) is 11.6. The van der Waals surface area contributed by atoms with Gasteiger partial charge in [-0.15, -0.1) is 0 Å². The number of rotatable bonds is 11. The number of aldehydes is 2. The maximum Gasteiger partial charge on any atom is 0.161 e. The molecule has 0 amide bonds. The summed E-state index contributed by atoms with van der Waals surface area (Å²) in [4.78, 5) is 22.3. The number of benzene rings is 2. The lowest BCUT2D eigenvalue weighted by molar-refractivity contribution is -0.107. The van der Waals surface area contributed by atoms with Gasteiger partial charge in [-0.1, -0.05) is 50.8 Å². The van der Waals surface area contributed by atoms with Gasteiger partial charge in [-0.3, -0.25) is 4.79 Å². The molecule has 0 radical (unpaired) electrons. The summed E-state index contributed by atoms with van der Waals surface area (Å²) in [6.45, 7) is 6.84. The lowest BCUT2D eigenvalue weighted by atomic mass is 10.1. The number of nitrogen functional groups attached to an aromatic ring is 1. The van der Waals surface area contributed by atoms with Gasteiger partial charge in [-0.2, -0.15) is 0 Å². The number of methoxy groups -OCH3 is 1. The SMILES string of the molecule is CCCCCCCC=O.CN1CCCC1.CNCC(OC)c1ccc2c(c1)OCCO2.Nc1ccccc1C=O. The molecule has 8 heteroatoms. The molecule has 2 aliphatic heterocycles. The van der Waals surface area contributed by atoms with E-state index in [1.165, 1.54) is 51.6 Å². The van der Waals surface area contributed by atoms with Gasteiger partial charge in [0.1, 0.15) is 19.5 Å². The summed E-state index contributed by atoms with van der Waals surface area (Å²) in [7, 11) is 5.79. The molecule has 0 aromatic heterocycles. The average Bonchev–Trinajstić information content (AvgIpc) is 3.48. The maximum atomic E-state index is 10.1. The van der Waals surface area contributed by atoms with E-state index in [0.29, 0.717) is 24.5 Å². The highest BCUT2D eigenvalue weighted by Gasteiger charge is 2.16. The highest BCUT2D eigenvalue weighted by atomic mass is 16.6. The molecule has 1 saturated heterocycles. The topological polar surface area (TPSA) is 103 Å². The summed E-state index contributed by atoms with van der Waals surface area (Å²) in [5.41, 5.74) is 7.59. The van der Waals surface area contributed by atoms with E-state index in [1.54, 1.807) is 31.4 Å². The molecule has 0 spiro atoms. The third kappa shape index (κ3) is 15.0. The number of nitrogens with two attached hydrogens (primary N) is 1. The second-order valence-corrected chi connectivity index (χ2v) is 9.81. The smallest absolute Gasteiger partial charge is 0.161 e. The van der Waals surface area contributed by atoms with E-state index in [-0.39, 0.29) is 6.10 Å². The summed E-state index contributed by atoms with van der Waals surface area (Å²) < 4.78 is 16.4. The summed E-state index contributed by atoms with van der Waals surface area (Å²) >= 11 is 0. The molecule has 3 N–H and O–H groups in total. The predicted octanol–water partition coefficient (Wildman–Crippen LogP) is 5.70. The number of likely N-dealkylation sites (N-methyl/N-ethyl adjacent to an activating group) is 1. The van der Waals surface area contributed by atoms with Crippen LogP contribution < -0.4 is 20.5 Å². The Labute approximate surface area is 241 Å². The number of nitrogens with one attached hydrogen (secondary N) is 1. The Hall–Kier alpha value is -2.94. The minimum atomic E-state index is 0.0424. The number of carbonyl (C=O) groups excluding carboxylic acids is 2. The van der Waals surface area contributed by atoms with Crippen molar-refractivity contribution >= 4 is 18.3 Å². The maximum absolute atomic E-state index is 10.1. The fraction of sp³-hybridized carbons (Fsp3) is 0.562. The fourth-order valence-corrected chi connectivity index (χ4v) is 4.11. The molecule has 1 fully saturated rings. The molecule has 0 aliphatic carbocycles. The van der Waals surface area contributed by atoms with Crippen molar-refractivity contribution in [3.05, 3.63) is 53.6 Å². The van der Waals surface area contributed by atoms with Crippen LogP contribution in [0.3, 0.4) is 0 Å². The number of fused-ring (bicyclic) bond motifs is 1. The Morgan fingerprint density at radius 3 is 2.20 bits per heavy atom. The highest BCUT2D eigenvalue weighted by Crippen LogP contribution is 2.33. The molecule has 1 atom stereocenters. The van der Waals surface area contributed by atoms with Gasteiger partial charge in [0.2, 0.25) is 0 Å². The molecular formula is C32H51N3O5. The molecule has 2 aromatic carbocycles. The van der Waals surface area contributed by atoms with Crippen LogP contribution in [0.4, 0.5) is 5.69 Å². The monoisotopic (exact) mass is 557 g/mol. The minimum Gasteiger partial charge on any atom is -0.486 e. The molecule has 0 saturated carbocycles. The van der Waals surface area contributed by atoms with Gasteiger partial charge in [0, 0.05) is 31.3 Å². The van der Waals surface area contributed by atoms with E-state index >= 15 is 0 Å². The van der Waals surface area contributed by atoms with Gasteiger partial charge < -0.3 is 35.0 Å². The van der Waals surface area contributed by atoms with Gasteiger partial charge in [0.25, 0.3) is 0 Å².